The number of phenolic OH excluding ortho intramolecular Hbond substituents is 1. The lowest BCUT2D eigenvalue weighted by Crippen LogP contribution is -2.57. The highest BCUT2D eigenvalue weighted by atomic mass is 16.6. The molecule has 13 nitrogen and oxygen atoms in total. The highest BCUT2D eigenvalue weighted by Gasteiger charge is 2.75. The van der Waals surface area contributed by atoms with E-state index in [9.17, 15) is 19.8 Å². The van der Waals surface area contributed by atoms with E-state index in [1.807, 2.05) is 65.6 Å². The molecule has 13 heteroatoms. The number of benzene rings is 4. The molecule has 0 aromatic heterocycles. The van der Waals surface area contributed by atoms with Gasteiger partial charge in [-0.1, -0.05) is 117 Å². The van der Waals surface area contributed by atoms with E-state index in [1.54, 1.807) is 44.2 Å². The lowest BCUT2D eigenvalue weighted by molar-refractivity contribution is -0.178. The normalized spacial score (nSPS) is 25.0. The summed E-state index contributed by atoms with van der Waals surface area (Å²) in [6, 6.07) is 24.2. The van der Waals surface area contributed by atoms with Crippen LogP contribution in [0.1, 0.15) is 98.4 Å². The van der Waals surface area contributed by atoms with E-state index in [2.05, 4.69) is 29.1 Å². The third-order valence-electron chi connectivity index (χ3n) is 13.3. The van der Waals surface area contributed by atoms with Gasteiger partial charge >= 0.3 is 18.0 Å². The van der Waals surface area contributed by atoms with E-state index < -0.39 is 82.9 Å². The van der Waals surface area contributed by atoms with Crippen molar-refractivity contribution in [1.82, 2.24) is 15.5 Å². The number of methoxy groups -OCH3 is 1. The fraction of sp³-hybridized carbons (Fsp3) is 0.365. The molecule has 0 bridgehead atoms. The highest BCUT2D eigenvalue weighted by molar-refractivity contribution is 6.25. The summed E-state index contributed by atoms with van der Waals surface area (Å²) in [6.07, 6.45) is 5.15. The molecular weight excluding hydrogens is 825 g/mol. The molecule has 0 radical (unpaired) electrons. The summed E-state index contributed by atoms with van der Waals surface area (Å²) in [4.78, 5) is 77.6. The maximum atomic E-state index is 16.4. The van der Waals surface area contributed by atoms with E-state index in [-0.39, 0.29) is 23.5 Å². The Balaban J connectivity index is 1.44. The van der Waals surface area contributed by atoms with Crippen LogP contribution < -0.4 is 15.5 Å². The number of nitrogens with one attached hydrogen (secondary N) is 2. The van der Waals surface area contributed by atoms with Gasteiger partial charge in [-0.25, -0.2) is 14.5 Å². The Kier molecular flexibility index (Phi) is 12.7. The largest absolute Gasteiger partial charge is 0.508 e. The summed E-state index contributed by atoms with van der Waals surface area (Å²) >= 11 is 0. The van der Waals surface area contributed by atoms with Crippen LogP contribution in [0.25, 0.3) is 0 Å². The van der Waals surface area contributed by atoms with Gasteiger partial charge in [0.2, 0.25) is 11.8 Å². The third kappa shape index (κ3) is 8.06. The Morgan fingerprint density at radius 1 is 0.892 bits per heavy atom. The van der Waals surface area contributed by atoms with Gasteiger partial charge in [0.05, 0.1) is 30.8 Å². The topological polar surface area (TPSA) is 175 Å². The zero-order valence-corrected chi connectivity index (χ0v) is 36.7. The lowest BCUT2D eigenvalue weighted by Gasteiger charge is -2.46. The van der Waals surface area contributed by atoms with Crippen molar-refractivity contribution in [2.45, 2.75) is 93.7 Å². The summed E-state index contributed by atoms with van der Waals surface area (Å²) in [5.74, 6) is 1.22. The maximum absolute atomic E-state index is 16.4. The van der Waals surface area contributed by atoms with Crippen molar-refractivity contribution < 1.29 is 43.7 Å². The average Bonchev–Trinajstić information content (AvgIpc) is 3.65. The van der Waals surface area contributed by atoms with E-state index in [0.717, 1.165) is 36.1 Å². The molecule has 1 spiro atoms. The predicted molar refractivity (Wildman–Crippen MR) is 242 cm³/mol. The molecule has 8 rings (SSSR count). The van der Waals surface area contributed by atoms with Crippen molar-refractivity contribution in [3.8, 4) is 17.6 Å². The maximum Gasteiger partial charge on any atom is 0.329 e. The van der Waals surface area contributed by atoms with Gasteiger partial charge in [0.15, 0.2) is 0 Å². The number of fused-ring (bicyclic) bond motifs is 3. The molecule has 65 heavy (non-hydrogen) atoms. The van der Waals surface area contributed by atoms with Crippen LogP contribution in [0.3, 0.4) is 0 Å². The number of nitrogens with zero attached hydrogens (tertiary/aromatic N) is 2. The number of urea groups is 1. The fourth-order valence-electron chi connectivity index (χ4n) is 10.4. The smallest absolute Gasteiger partial charge is 0.329 e. The number of cyclic esters (lactones) is 1. The second-order valence-electron chi connectivity index (χ2n) is 17.7. The number of hydrogen-bond donors (Lipinski definition) is 4. The minimum atomic E-state index is -2.09. The van der Waals surface area contributed by atoms with Gasteiger partial charge in [0, 0.05) is 12.1 Å². The number of esters is 2. The number of anilines is 1. The van der Waals surface area contributed by atoms with Crippen molar-refractivity contribution in [2.24, 2.45) is 11.8 Å². The summed E-state index contributed by atoms with van der Waals surface area (Å²) in [7, 11) is 1.21. The number of carbonyl (C=O) groups excluding carboxylic acids is 5. The molecule has 1 aliphatic carbocycles. The van der Waals surface area contributed by atoms with Gasteiger partial charge in [-0.2, -0.15) is 0 Å². The van der Waals surface area contributed by atoms with E-state index in [4.69, 9.17) is 9.47 Å². The Labute approximate surface area is 378 Å². The Morgan fingerprint density at radius 2 is 1.54 bits per heavy atom. The number of imide groups is 1. The molecule has 0 unspecified atom stereocenters. The van der Waals surface area contributed by atoms with Crippen molar-refractivity contribution in [3.63, 3.8) is 0 Å². The van der Waals surface area contributed by atoms with Crippen molar-refractivity contribution in [3.05, 3.63) is 144 Å². The minimum Gasteiger partial charge on any atom is -0.508 e. The number of rotatable bonds is 9. The van der Waals surface area contributed by atoms with Gasteiger partial charge in [0.1, 0.15) is 35.0 Å². The van der Waals surface area contributed by atoms with Gasteiger partial charge < -0.3 is 30.3 Å². The number of amides is 4. The number of aliphatic hydroxyl groups is 1. The first-order valence-electron chi connectivity index (χ1n) is 22.2. The van der Waals surface area contributed by atoms with Crippen LogP contribution in [-0.2, 0) is 34.1 Å². The van der Waals surface area contributed by atoms with Crippen LogP contribution in [-0.4, -0.2) is 76.2 Å². The van der Waals surface area contributed by atoms with Crippen molar-refractivity contribution >= 4 is 35.5 Å². The van der Waals surface area contributed by atoms with Crippen LogP contribution >= 0.6 is 0 Å². The zero-order chi connectivity index (χ0) is 46.0. The lowest BCUT2D eigenvalue weighted by atomic mass is 9.65. The molecule has 4 N–H and O–H groups in total. The summed E-state index contributed by atoms with van der Waals surface area (Å²) < 4.78 is 11.5. The first kappa shape index (κ1) is 44.8. The van der Waals surface area contributed by atoms with Crippen LogP contribution in [0, 0.1) is 23.7 Å². The van der Waals surface area contributed by atoms with Crippen LogP contribution in [0.5, 0.6) is 5.75 Å². The number of hydrogen-bond acceptors (Lipinski definition) is 10. The first-order chi connectivity index (χ1) is 31.3. The predicted octanol–water partition coefficient (Wildman–Crippen LogP) is 6.70. The number of morpholine rings is 1. The highest BCUT2D eigenvalue weighted by Crippen LogP contribution is 2.66. The van der Waals surface area contributed by atoms with Crippen LogP contribution in [0.4, 0.5) is 10.5 Å². The molecule has 2 saturated heterocycles. The molecule has 336 valence electrons. The second kappa shape index (κ2) is 18.4. The standard InChI is InChI=1S/C52H54N4O9/c1-5-30-53-46(58)40-43-48(60)65-44(35-18-12-9-13-19-35)42(34-16-10-8-11-17-34)56(43)45(36-21-23-37(57)24-22-36)52(40)38-31-33(26-29-51(63)27-14-6-7-15-28-51)20-25-39(38)55(49(52)61)50(62)54-41(32(2)3)47(59)64-4/h5,8-13,16-25,31-32,40-45,57,63H,1,6-7,14-15,27-28,30H2,2-4H3,(H,53,58)(H,54,62)/t40-,41+,42-,43-,44+,45+,52-/m1/s1. The quantitative estimate of drug-likeness (QED) is 0.0613. The Morgan fingerprint density at radius 3 is 2.15 bits per heavy atom. The molecule has 7 atom stereocenters. The fourth-order valence-corrected chi connectivity index (χ4v) is 10.4. The number of ether oxygens (including phenoxy) is 2. The van der Waals surface area contributed by atoms with Crippen LogP contribution in [0.15, 0.2) is 116 Å². The van der Waals surface area contributed by atoms with Crippen molar-refractivity contribution in [2.75, 3.05) is 18.6 Å². The number of carbonyl (C=O) groups is 5. The van der Waals surface area contributed by atoms with Crippen LogP contribution in [0.2, 0.25) is 0 Å². The summed E-state index contributed by atoms with van der Waals surface area (Å²) in [5, 5.41) is 27.9. The molecule has 4 aromatic carbocycles. The van der Waals surface area contributed by atoms with E-state index in [1.165, 1.54) is 25.3 Å². The molecule has 1 saturated carbocycles. The van der Waals surface area contributed by atoms with Crippen molar-refractivity contribution in [1.29, 1.82) is 0 Å². The molecule has 3 aliphatic heterocycles. The average molecular weight is 879 g/mol. The Bertz CT molecular complexity index is 2530. The molecule has 3 heterocycles. The van der Waals surface area contributed by atoms with Gasteiger partial charge in [-0.05, 0) is 84.2 Å². The van der Waals surface area contributed by atoms with E-state index in [0.29, 0.717) is 29.5 Å². The van der Waals surface area contributed by atoms with Gasteiger partial charge in [-0.3, -0.25) is 19.3 Å². The minimum absolute atomic E-state index is 0.0175. The third-order valence-corrected chi connectivity index (χ3v) is 13.3. The molecule has 4 aromatic rings. The van der Waals surface area contributed by atoms with E-state index >= 15 is 14.4 Å². The zero-order valence-electron chi connectivity index (χ0n) is 36.7. The molecule has 4 aliphatic rings. The SMILES string of the molecule is C=CCNC(=O)[C@H]1[C@@H]2C(=O)O[C@@H](c3ccccc3)[C@@H](c3ccccc3)N2[C@@H](c2ccc(O)cc2)[C@]12C(=O)N(C(=O)N[C@H](C(=O)OC)C(C)C)c1ccc(C#CC3(O)CCCCCC3)cc12. The summed E-state index contributed by atoms with van der Waals surface area (Å²) in [6.45, 7) is 7.24. The van der Waals surface area contributed by atoms with Gasteiger partial charge in [0.25, 0.3) is 0 Å². The number of phenols is 1. The molecule has 3 fully saturated rings. The molecule has 4 amide bonds. The monoisotopic (exact) mass is 878 g/mol. The van der Waals surface area contributed by atoms with Gasteiger partial charge in [-0.15, -0.1) is 6.58 Å². The first-order valence-corrected chi connectivity index (χ1v) is 22.2. The molecular formula is C52H54N4O9. The second-order valence-corrected chi connectivity index (χ2v) is 17.7. The Hall–Kier alpha value is -6.75. The number of aromatic hydroxyl groups is 1. The summed E-state index contributed by atoms with van der Waals surface area (Å²) in [5.41, 5.74) is -0.771.